The van der Waals surface area contributed by atoms with Gasteiger partial charge in [0.05, 0.1) is 19.0 Å². The van der Waals surface area contributed by atoms with Crippen molar-refractivity contribution in [2.24, 2.45) is 0 Å². The molecule has 1 N–H and O–H groups in total. The number of piperazine rings is 1. The maximum atomic E-state index is 13.2. The van der Waals surface area contributed by atoms with Crippen LogP contribution in [0.5, 0.6) is 5.75 Å². The molecule has 1 aliphatic heterocycles. The summed E-state index contributed by atoms with van der Waals surface area (Å²) in [7, 11) is 1.63. The van der Waals surface area contributed by atoms with Gasteiger partial charge in [0.15, 0.2) is 5.65 Å². The lowest BCUT2D eigenvalue weighted by Crippen LogP contribution is -2.57. The minimum absolute atomic E-state index is 0.0601. The van der Waals surface area contributed by atoms with Crippen molar-refractivity contribution < 1.29 is 4.74 Å². The van der Waals surface area contributed by atoms with E-state index in [0.29, 0.717) is 17.8 Å². The summed E-state index contributed by atoms with van der Waals surface area (Å²) in [6.07, 6.45) is 3.29. The van der Waals surface area contributed by atoms with Gasteiger partial charge in [0, 0.05) is 37.9 Å². The molecule has 166 valence electrons. The van der Waals surface area contributed by atoms with Crippen LogP contribution in [0, 0.1) is 0 Å². The molecule has 0 atom stereocenters. The summed E-state index contributed by atoms with van der Waals surface area (Å²) in [5.41, 5.74) is 3.00. The molecule has 1 aromatic carbocycles. The van der Waals surface area contributed by atoms with Gasteiger partial charge in [0.2, 0.25) is 0 Å². The SMILES string of the molecule is COc1ccc(Cn2c(=O)n3ncnc3c3cc(CN4CCNCC4(C)C)cnc32)cc1. The maximum absolute atomic E-state index is 13.2. The summed E-state index contributed by atoms with van der Waals surface area (Å²) < 4.78 is 8.24. The van der Waals surface area contributed by atoms with E-state index in [4.69, 9.17) is 9.72 Å². The van der Waals surface area contributed by atoms with Gasteiger partial charge in [-0.2, -0.15) is 9.61 Å². The number of nitrogens with zero attached hydrogens (tertiary/aromatic N) is 6. The minimum atomic E-state index is -0.260. The van der Waals surface area contributed by atoms with E-state index in [1.807, 2.05) is 30.5 Å². The molecular weight excluding hydrogens is 406 g/mol. The lowest BCUT2D eigenvalue weighted by molar-refractivity contribution is 0.0827. The first-order chi connectivity index (χ1) is 15.5. The van der Waals surface area contributed by atoms with Crippen molar-refractivity contribution in [3.05, 3.63) is 64.5 Å². The molecule has 5 rings (SSSR count). The third-order valence-corrected chi connectivity index (χ3v) is 6.23. The molecule has 0 amide bonds. The van der Waals surface area contributed by atoms with Crippen LogP contribution in [0.2, 0.25) is 0 Å². The number of pyridine rings is 1. The van der Waals surface area contributed by atoms with E-state index in [0.717, 1.165) is 48.4 Å². The lowest BCUT2D eigenvalue weighted by Gasteiger charge is -2.42. The number of hydrogen-bond acceptors (Lipinski definition) is 7. The fourth-order valence-corrected chi connectivity index (χ4v) is 4.33. The Morgan fingerprint density at radius 1 is 1.09 bits per heavy atom. The van der Waals surface area contributed by atoms with E-state index in [1.54, 1.807) is 11.7 Å². The highest BCUT2D eigenvalue weighted by Gasteiger charge is 2.29. The second-order valence-corrected chi connectivity index (χ2v) is 8.84. The molecule has 0 aliphatic carbocycles. The van der Waals surface area contributed by atoms with Crippen LogP contribution in [0.25, 0.3) is 16.7 Å². The molecule has 0 bridgehead atoms. The molecule has 0 spiro atoms. The van der Waals surface area contributed by atoms with Gasteiger partial charge in [0.1, 0.15) is 17.7 Å². The monoisotopic (exact) mass is 433 g/mol. The Morgan fingerprint density at radius 2 is 1.91 bits per heavy atom. The second kappa shape index (κ2) is 7.99. The van der Waals surface area contributed by atoms with Crippen LogP contribution in [0.3, 0.4) is 0 Å². The van der Waals surface area contributed by atoms with Crippen molar-refractivity contribution >= 4 is 16.7 Å². The molecule has 4 aromatic rings. The number of methoxy groups -OCH3 is 1. The third-order valence-electron chi connectivity index (χ3n) is 6.23. The molecule has 4 heterocycles. The Kier molecular flexibility index (Phi) is 5.15. The normalized spacial score (nSPS) is 16.6. The fourth-order valence-electron chi connectivity index (χ4n) is 4.33. The molecule has 1 saturated heterocycles. The van der Waals surface area contributed by atoms with Gasteiger partial charge in [0.25, 0.3) is 0 Å². The molecule has 0 saturated carbocycles. The first kappa shape index (κ1) is 20.6. The van der Waals surface area contributed by atoms with Crippen LogP contribution < -0.4 is 15.7 Å². The second-order valence-electron chi connectivity index (χ2n) is 8.84. The van der Waals surface area contributed by atoms with Gasteiger partial charge in [-0.1, -0.05) is 12.1 Å². The van der Waals surface area contributed by atoms with Gasteiger partial charge < -0.3 is 10.1 Å². The van der Waals surface area contributed by atoms with E-state index in [-0.39, 0.29) is 11.2 Å². The zero-order valence-electron chi connectivity index (χ0n) is 18.6. The van der Waals surface area contributed by atoms with E-state index in [9.17, 15) is 4.79 Å². The first-order valence-electron chi connectivity index (χ1n) is 10.8. The van der Waals surface area contributed by atoms with E-state index < -0.39 is 0 Å². The molecule has 0 unspecified atom stereocenters. The van der Waals surface area contributed by atoms with Gasteiger partial charge >= 0.3 is 5.69 Å². The number of nitrogens with one attached hydrogen (secondary N) is 1. The number of rotatable bonds is 5. The van der Waals surface area contributed by atoms with Crippen LogP contribution in [-0.2, 0) is 13.1 Å². The van der Waals surface area contributed by atoms with Crippen LogP contribution in [0.4, 0.5) is 0 Å². The fraction of sp³-hybridized carbons (Fsp3) is 0.391. The summed E-state index contributed by atoms with van der Waals surface area (Å²) in [5.74, 6) is 0.774. The zero-order chi connectivity index (χ0) is 22.3. The average Bonchev–Trinajstić information content (AvgIpc) is 3.29. The lowest BCUT2D eigenvalue weighted by atomic mass is 9.99. The van der Waals surface area contributed by atoms with E-state index in [1.165, 1.54) is 10.8 Å². The number of fused-ring (bicyclic) bond motifs is 3. The van der Waals surface area contributed by atoms with Crippen molar-refractivity contribution in [1.29, 1.82) is 0 Å². The quantitative estimate of drug-likeness (QED) is 0.512. The van der Waals surface area contributed by atoms with Gasteiger partial charge in [-0.3, -0.25) is 9.47 Å². The highest BCUT2D eigenvalue weighted by atomic mass is 16.5. The minimum Gasteiger partial charge on any atom is -0.497 e. The highest BCUT2D eigenvalue weighted by Crippen LogP contribution is 2.23. The molecule has 3 aromatic heterocycles. The standard InChI is InChI=1S/C23H27N7O2/c1-23(2)14-24-8-9-28(23)12-17-10-19-20(25-11-17)29(22(31)30-21(19)26-15-27-30)13-16-4-6-18(32-3)7-5-16/h4-7,10-11,15,24H,8-9,12-14H2,1-3H3. The third kappa shape index (κ3) is 3.63. The Labute approximate surface area is 185 Å². The topological polar surface area (TPSA) is 89.6 Å². The summed E-state index contributed by atoms with van der Waals surface area (Å²) in [6, 6.07) is 9.76. The van der Waals surface area contributed by atoms with E-state index >= 15 is 0 Å². The summed E-state index contributed by atoms with van der Waals surface area (Å²) in [5, 5.41) is 8.45. The number of benzene rings is 1. The number of aromatic nitrogens is 5. The summed E-state index contributed by atoms with van der Waals surface area (Å²) >= 11 is 0. The molecule has 9 heteroatoms. The van der Waals surface area contributed by atoms with Crippen molar-refractivity contribution in [3.63, 3.8) is 0 Å². The van der Waals surface area contributed by atoms with Crippen molar-refractivity contribution in [2.75, 3.05) is 26.7 Å². The van der Waals surface area contributed by atoms with Crippen molar-refractivity contribution in [2.45, 2.75) is 32.5 Å². The summed E-state index contributed by atoms with van der Waals surface area (Å²) in [4.78, 5) is 24.7. The molecule has 9 nitrogen and oxygen atoms in total. The van der Waals surface area contributed by atoms with Gasteiger partial charge in [-0.15, -0.1) is 0 Å². The maximum Gasteiger partial charge on any atom is 0.352 e. The van der Waals surface area contributed by atoms with Gasteiger partial charge in [-0.25, -0.2) is 14.8 Å². The number of hydrogen-bond donors (Lipinski definition) is 1. The average molecular weight is 434 g/mol. The Balaban J connectivity index is 1.58. The Bertz CT molecular complexity index is 1320. The molecule has 0 radical (unpaired) electrons. The smallest absolute Gasteiger partial charge is 0.352 e. The van der Waals surface area contributed by atoms with Gasteiger partial charge in [-0.05, 0) is 43.2 Å². The van der Waals surface area contributed by atoms with Crippen LogP contribution in [-0.4, -0.2) is 61.3 Å². The Hall–Kier alpha value is -3.30. The van der Waals surface area contributed by atoms with E-state index in [2.05, 4.69) is 40.2 Å². The molecular formula is C23H27N7O2. The molecule has 1 fully saturated rings. The number of ether oxygens (including phenoxy) is 1. The molecule has 1 aliphatic rings. The highest BCUT2D eigenvalue weighted by molar-refractivity contribution is 5.89. The largest absolute Gasteiger partial charge is 0.497 e. The Morgan fingerprint density at radius 3 is 2.66 bits per heavy atom. The predicted molar refractivity (Wildman–Crippen MR) is 122 cm³/mol. The van der Waals surface area contributed by atoms with Crippen molar-refractivity contribution in [3.8, 4) is 5.75 Å². The predicted octanol–water partition coefficient (Wildman–Crippen LogP) is 1.68. The molecule has 32 heavy (non-hydrogen) atoms. The van der Waals surface area contributed by atoms with Crippen LogP contribution in [0.1, 0.15) is 25.0 Å². The summed E-state index contributed by atoms with van der Waals surface area (Å²) in [6.45, 7) is 8.56. The van der Waals surface area contributed by atoms with Crippen molar-refractivity contribution in [1.82, 2.24) is 34.4 Å². The first-order valence-corrected chi connectivity index (χ1v) is 10.8. The van der Waals surface area contributed by atoms with Crippen LogP contribution >= 0.6 is 0 Å². The van der Waals surface area contributed by atoms with Crippen LogP contribution in [0.15, 0.2) is 47.7 Å². The zero-order valence-corrected chi connectivity index (χ0v) is 18.6.